The van der Waals surface area contributed by atoms with Gasteiger partial charge in [-0.1, -0.05) is 0 Å². The van der Waals surface area contributed by atoms with Gasteiger partial charge in [-0.05, 0) is 19.3 Å². The minimum atomic E-state index is -1.09. The largest absolute Gasteiger partial charge is 0.480 e. The summed E-state index contributed by atoms with van der Waals surface area (Å²) in [7, 11) is 0. The topological polar surface area (TPSA) is 98.7 Å². The van der Waals surface area contributed by atoms with Crippen LogP contribution in [0.1, 0.15) is 25.7 Å². The molecule has 17 heavy (non-hydrogen) atoms. The van der Waals surface area contributed by atoms with Crippen molar-refractivity contribution in [2.75, 3.05) is 6.61 Å². The van der Waals surface area contributed by atoms with Gasteiger partial charge in [0.1, 0.15) is 6.04 Å². The number of aliphatic hydroxyl groups is 1. The smallest absolute Gasteiger partial charge is 0.326 e. The fourth-order valence-electron chi connectivity index (χ4n) is 2.78. The summed E-state index contributed by atoms with van der Waals surface area (Å²) in [6, 6.07) is -0.368. The zero-order valence-corrected chi connectivity index (χ0v) is 9.56. The molecule has 2 heterocycles. The Hall–Kier alpha value is -1.14. The zero-order valence-electron chi connectivity index (χ0n) is 9.56. The minimum Gasteiger partial charge on any atom is -0.480 e. The number of rotatable bonds is 5. The molecule has 2 saturated heterocycles. The molecule has 2 aliphatic heterocycles. The molecule has 4 N–H and O–H groups in total. The lowest BCUT2D eigenvalue weighted by Crippen LogP contribution is -2.46. The maximum atomic E-state index is 11.9. The molecule has 6 heteroatoms. The highest BCUT2D eigenvalue weighted by Crippen LogP contribution is 2.33. The predicted molar refractivity (Wildman–Crippen MR) is 59.3 cm³/mol. The van der Waals surface area contributed by atoms with Gasteiger partial charge in [-0.3, -0.25) is 4.79 Å². The number of hydrogen-bond donors (Lipinski definition) is 4. The van der Waals surface area contributed by atoms with Crippen LogP contribution in [-0.4, -0.2) is 46.8 Å². The van der Waals surface area contributed by atoms with E-state index in [1.165, 1.54) is 0 Å². The Bertz CT molecular complexity index is 321. The van der Waals surface area contributed by atoms with Crippen molar-refractivity contribution in [3.63, 3.8) is 0 Å². The summed E-state index contributed by atoms with van der Waals surface area (Å²) in [5.74, 6) is -1.41. The lowest BCUT2D eigenvalue weighted by Gasteiger charge is -2.21. The molecular formula is C11H18N2O4. The maximum Gasteiger partial charge on any atom is 0.326 e. The Morgan fingerprint density at radius 2 is 2.18 bits per heavy atom. The van der Waals surface area contributed by atoms with Crippen molar-refractivity contribution in [1.82, 2.24) is 10.6 Å². The Kier molecular flexibility index (Phi) is 3.63. The molecule has 0 aromatic heterocycles. The van der Waals surface area contributed by atoms with Crippen LogP contribution in [0.2, 0.25) is 0 Å². The Balaban J connectivity index is 1.89. The van der Waals surface area contributed by atoms with Crippen LogP contribution in [0.5, 0.6) is 0 Å². The number of carboxylic acid groups (broad SMARTS) is 1. The van der Waals surface area contributed by atoms with Gasteiger partial charge in [0.2, 0.25) is 5.91 Å². The second-order valence-corrected chi connectivity index (χ2v) is 4.80. The molecule has 2 aliphatic rings. The van der Waals surface area contributed by atoms with E-state index in [0.717, 1.165) is 19.3 Å². The molecule has 4 atom stereocenters. The first-order valence-corrected chi connectivity index (χ1v) is 6.02. The third-order valence-corrected chi connectivity index (χ3v) is 3.67. The molecule has 0 spiro atoms. The number of carboxylic acids is 1. The van der Waals surface area contributed by atoms with Gasteiger partial charge in [0.25, 0.3) is 0 Å². The highest BCUT2D eigenvalue weighted by atomic mass is 16.4. The van der Waals surface area contributed by atoms with E-state index in [1.807, 2.05) is 0 Å². The van der Waals surface area contributed by atoms with E-state index >= 15 is 0 Å². The molecule has 1 amide bonds. The van der Waals surface area contributed by atoms with Gasteiger partial charge < -0.3 is 20.8 Å². The number of aliphatic carboxylic acids is 1. The second kappa shape index (κ2) is 5.01. The Labute approximate surface area is 99.4 Å². The predicted octanol–water partition coefficient (Wildman–Crippen LogP) is -0.921. The Morgan fingerprint density at radius 1 is 1.41 bits per heavy atom. The summed E-state index contributed by atoms with van der Waals surface area (Å²) < 4.78 is 0. The van der Waals surface area contributed by atoms with Crippen LogP contribution >= 0.6 is 0 Å². The maximum absolute atomic E-state index is 11.9. The number of carbonyl (C=O) groups excluding carboxylic acids is 1. The third kappa shape index (κ3) is 2.58. The molecule has 0 aromatic carbocycles. The quantitative estimate of drug-likeness (QED) is 0.500. The van der Waals surface area contributed by atoms with E-state index in [4.69, 9.17) is 10.2 Å². The molecule has 2 fully saturated rings. The number of carbonyl (C=O) groups is 2. The summed E-state index contributed by atoms with van der Waals surface area (Å²) >= 11 is 0. The first-order valence-electron chi connectivity index (χ1n) is 6.02. The van der Waals surface area contributed by atoms with Gasteiger partial charge in [-0.25, -0.2) is 4.79 Å². The normalized spacial score (nSPS) is 32.4. The number of aliphatic hydroxyl groups excluding tert-OH is 1. The van der Waals surface area contributed by atoms with E-state index in [0.29, 0.717) is 6.04 Å². The van der Waals surface area contributed by atoms with Crippen molar-refractivity contribution in [3.8, 4) is 0 Å². The Morgan fingerprint density at radius 3 is 2.65 bits per heavy atom. The summed E-state index contributed by atoms with van der Waals surface area (Å²) in [6.45, 7) is -0.244. The molecule has 3 unspecified atom stereocenters. The molecule has 0 aromatic rings. The fourth-order valence-corrected chi connectivity index (χ4v) is 2.78. The monoisotopic (exact) mass is 242 g/mol. The van der Waals surface area contributed by atoms with Gasteiger partial charge in [-0.15, -0.1) is 0 Å². The van der Waals surface area contributed by atoms with Crippen LogP contribution in [0, 0.1) is 5.92 Å². The first-order chi connectivity index (χ1) is 8.11. The van der Waals surface area contributed by atoms with Gasteiger partial charge in [0.15, 0.2) is 0 Å². The van der Waals surface area contributed by atoms with Crippen molar-refractivity contribution in [2.24, 2.45) is 5.92 Å². The van der Waals surface area contributed by atoms with Gasteiger partial charge >= 0.3 is 5.97 Å². The van der Waals surface area contributed by atoms with Crippen LogP contribution in [-0.2, 0) is 9.59 Å². The zero-order chi connectivity index (χ0) is 12.4. The summed E-state index contributed by atoms with van der Waals surface area (Å²) in [5, 5.41) is 23.5. The van der Waals surface area contributed by atoms with Crippen molar-refractivity contribution in [3.05, 3.63) is 0 Å². The lowest BCUT2D eigenvalue weighted by molar-refractivity contribution is -0.143. The second-order valence-electron chi connectivity index (χ2n) is 4.80. The number of fused-ring (bicyclic) bond motifs is 2. The van der Waals surface area contributed by atoms with Gasteiger partial charge in [0, 0.05) is 25.1 Å². The van der Waals surface area contributed by atoms with E-state index in [2.05, 4.69) is 10.6 Å². The minimum absolute atomic E-state index is 0.0509. The number of nitrogens with one attached hydrogen (secondary N) is 2. The van der Waals surface area contributed by atoms with E-state index in [1.54, 1.807) is 0 Å². The van der Waals surface area contributed by atoms with Crippen molar-refractivity contribution in [1.29, 1.82) is 0 Å². The van der Waals surface area contributed by atoms with Crippen LogP contribution in [0.3, 0.4) is 0 Å². The van der Waals surface area contributed by atoms with E-state index in [-0.39, 0.29) is 30.9 Å². The molecule has 0 saturated carbocycles. The van der Waals surface area contributed by atoms with E-state index in [9.17, 15) is 9.59 Å². The highest BCUT2D eigenvalue weighted by Gasteiger charge is 2.43. The average molecular weight is 242 g/mol. The highest BCUT2D eigenvalue weighted by molar-refractivity contribution is 5.85. The van der Waals surface area contributed by atoms with Crippen LogP contribution in [0.15, 0.2) is 0 Å². The van der Waals surface area contributed by atoms with Gasteiger partial charge in [0.05, 0.1) is 5.92 Å². The van der Waals surface area contributed by atoms with Crippen LogP contribution in [0.25, 0.3) is 0 Å². The van der Waals surface area contributed by atoms with Gasteiger partial charge in [-0.2, -0.15) is 0 Å². The number of hydrogen-bond acceptors (Lipinski definition) is 4. The molecule has 96 valence electrons. The van der Waals surface area contributed by atoms with Crippen LogP contribution < -0.4 is 10.6 Å². The molecule has 0 aliphatic carbocycles. The SMILES string of the molecule is O=C(N[C@@H](CCO)C(=O)O)C1CC2CCC1N2. The summed E-state index contributed by atoms with van der Waals surface area (Å²) in [5.41, 5.74) is 0. The van der Waals surface area contributed by atoms with Crippen molar-refractivity contribution in [2.45, 2.75) is 43.8 Å². The fraction of sp³-hybridized carbons (Fsp3) is 0.818. The molecule has 2 bridgehead atoms. The summed E-state index contributed by atoms with van der Waals surface area (Å²) in [6.07, 6.45) is 2.94. The number of amides is 1. The summed E-state index contributed by atoms with van der Waals surface area (Å²) in [4.78, 5) is 22.8. The lowest BCUT2D eigenvalue weighted by atomic mass is 9.88. The molecular weight excluding hydrogens is 224 g/mol. The first kappa shape index (κ1) is 12.3. The molecule has 0 radical (unpaired) electrons. The third-order valence-electron chi connectivity index (χ3n) is 3.67. The molecule has 2 rings (SSSR count). The van der Waals surface area contributed by atoms with E-state index < -0.39 is 12.0 Å². The van der Waals surface area contributed by atoms with Crippen LogP contribution in [0.4, 0.5) is 0 Å². The standard InChI is InChI=1S/C11H18N2O4/c14-4-3-9(11(16)17)13-10(15)7-5-6-1-2-8(7)12-6/h6-9,12,14H,1-5H2,(H,13,15)(H,16,17)/t6?,7?,8?,9-/m0/s1. The van der Waals surface area contributed by atoms with Crippen molar-refractivity contribution >= 4 is 11.9 Å². The average Bonchev–Trinajstić information content (AvgIpc) is 2.89. The van der Waals surface area contributed by atoms with Crippen molar-refractivity contribution < 1.29 is 19.8 Å². The molecule has 6 nitrogen and oxygen atoms in total.